The van der Waals surface area contributed by atoms with E-state index in [0.717, 1.165) is 22.5 Å². The molecule has 4 rings (SSSR count). The van der Waals surface area contributed by atoms with Gasteiger partial charge in [-0.3, -0.25) is 4.68 Å². The first-order chi connectivity index (χ1) is 12.6. The van der Waals surface area contributed by atoms with Gasteiger partial charge in [0.15, 0.2) is 11.6 Å². The minimum atomic E-state index is -0.00708. The number of anilines is 2. The van der Waals surface area contributed by atoms with Crippen LogP contribution in [0.1, 0.15) is 18.5 Å². The van der Waals surface area contributed by atoms with Crippen molar-refractivity contribution < 1.29 is 0 Å². The van der Waals surface area contributed by atoms with Crippen molar-refractivity contribution in [3.8, 4) is 11.3 Å². The second-order valence-electron chi connectivity index (χ2n) is 6.02. The van der Waals surface area contributed by atoms with Crippen molar-refractivity contribution in [2.45, 2.75) is 13.0 Å². The minimum Gasteiger partial charge on any atom is -0.360 e. The fourth-order valence-electron chi connectivity index (χ4n) is 2.77. The first kappa shape index (κ1) is 16.0. The Hall–Kier alpha value is -3.46. The highest BCUT2D eigenvalue weighted by Crippen LogP contribution is 2.26. The van der Waals surface area contributed by atoms with Gasteiger partial charge in [-0.2, -0.15) is 5.10 Å². The lowest BCUT2D eigenvalue weighted by Gasteiger charge is -2.17. The monoisotopic (exact) mass is 349 g/mol. The van der Waals surface area contributed by atoms with Crippen molar-refractivity contribution in [3.63, 3.8) is 0 Å². The highest BCUT2D eigenvalue weighted by atomic mass is 15.3. The Morgan fingerprint density at radius 3 is 2.77 bits per heavy atom. The Balaban J connectivity index is 1.65. The fourth-order valence-corrected chi connectivity index (χ4v) is 2.77. The molecule has 0 aromatic carbocycles. The van der Waals surface area contributed by atoms with E-state index in [1.54, 1.807) is 23.3 Å². The minimum absolute atomic E-state index is 0.00708. The van der Waals surface area contributed by atoms with Gasteiger partial charge in [-0.05, 0) is 18.6 Å². The maximum atomic E-state index is 5.60. The Labute approximate surface area is 149 Å². The van der Waals surface area contributed by atoms with Crippen molar-refractivity contribution >= 4 is 17.3 Å². The molecule has 0 aliphatic carbocycles. The molecule has 4 heterocycles. The zero-order valence-corrected chi connectivity index (χ0v) is 14.5. The summed E-state index contributed by atoms with van der Waals surface area (Å²) in [6, 6.07) is 4.01. The predicted molar refractivity (Wildman–Crippen MR) is 99.3 cm³/mol. The van der Waals surface area contributed by atoms with Crippen molar-refractivity contribution in [1.29, 1.82) is 0 Å². The lowest BCUT2D eigenvalue weighted by Crippen LogP contribution is -2.15. The third-order valence-corrected chi connectivity index (χ3v) is 4.17. The molecule has 26 heavy (non-hydrogen) atoms. The van der Waals surface area contributed by atoms with E-state index >= 15 is 0 Å². The van der Waals surface area contributed by atoms with Gasteiger partial charge in [0.25, 0.3) is 0 Å². The number of hydrogen-bond donors (Lipinski definition) is 3. The molecule has 0 bridgehead atoms. The van der Waals surface area contributed by atoms with E-state index in [-0.39, 0.29) is 6.04 Å². The standard InChI is InChI=1S/C17H19N9/c1-11(12-3-4-15-19-5-6-26(15)10-12)22-17-16(24-18)20-8-14(23-17)13-7-21-25(2)9-13/h3-11H,18H2,1-2H3,(H,20,24)(H,22,23). The SMILES string of the molecule is CC(Nc1nc(-c2cnn(C)c2)cnc1NN)c1ccc2nccn2c1. The van der Waals surface area contributed by atoms with E-state index in [0.29, 0.717) is 11.6 Å². The van der Waals surface area contributed by atoms with Gasteiger partial charge in [0.05, 0.1) is 24.1 Å². The van der Waals surface area contributed by atoms with Gasteiger partial charge < -0.3 is 15.1 Å². The van der Waals surface area contributed by atoms with Gasteiger partial charge in [-0.1, -0.05) is 6.07 Å². The molecule has 4 aromatic heterocycles. The lowest BCUT2D eigenvalue weighted by atomic mass is 10.1. The Morgan fingerprint density at radius 1 is 1.12 bits per heavy atom. The quantitative estimate of drug-likeness (QED) is 0.373. The van der Waals surface area contributed by atoms with Crippen LogP contribution < -0.4 is 16.6 Å². The van der Waals surface area contributed by atoms with Crippen LogP contribution in [-0.2, 0) is 7.05 Å². The van der Waals surface area contributed by atoms with Crippen molar-refractivity contribution in [3.05, 3.63) is 54.9 Å². The Bertz CT molecular complexity index is 1050. The summed E-state index contributed by atoms with van der Waals surface area (Å²) >= 11 is 0. The Kier molecular flexibility index (Phi) is 3.98. The molecule has 0 spiro atoms. The zero-order chi connectivity index (χ0) is 18.1. The van der Waals surface area contributed by atoms with E-state index in [1.807, 2.05) is 42.2 Å². The molecule has 0 radical (unpaired) electrons. The molecule has 4 aromatic rings. The van der Waals surface area contributed by atoms with Crippen molar-refractivity contribution in [1.82, 2.24) is 29.1 Å². The number of nitrogens with two attached hydrogens (primary N) is 1. The number of nitrogens with one attached hydrogen (secondary N) is 2. The van der Waals surface area contributed by atoms with Gasteiger partial charge in [-0.15, -0.1) is 0 Å². The largest absolute Gasteiger partial charge is 0.360 e. The first-order valence-electron chi connectivity index (χ1n) is 8.16. The number of rotatable bonds is 5. The molecule has 1 atom stereocenters. The molecule has 132 valence electrons. The van der Waals surface area contributed by atoms with Crippen LogP contribution in [-0.4, -0.2) is 29.1 Å². The van der Waals surface area contributed by atoms with E-state index in [4.69, 9.17) is 5.84 Å². The third kappa shape index (κ3) is 2.95. The summed E-state index contributed by atoms with van der Waals surface area (Å²) in [5, 5.41) is 7.55. The molecule has 0 amide bonds. The molecule has 4 N–H and O–H groups in total. The maximum Gasteiger partial charge on any atom is 0.183 e. The lowest BCUT2D eigenvalue weighted by molar-refractivity contribution is 0.768. The number of imidazole rings is 1. The average Bonchev–Trinajstić information content (AvgIpc) is 3.29. The van der Waals surface area contributed by atoms with Crippen LogP contribution >= 0.6 is 0 Å². The highest BCUT2D eigenvalue weighted by Gasteiger charge is 2.13. The molecular formula is C17H19N9. The molecule has 0 saturated heterocycles. The van der Waals surface area contributed by atoms with Crippen molar-refractivity contribution in [2.24, 2.45) is 12.9 Å². The van der Waals surface area contributed by atoms with Gasteiger partial charge in [-0.25, -0.2) is 20.8 Å². The zero-order valence-electron chi connectivity index (χ0n) is 14.5. The number of fused-ring (bicyclic) bond motifs is 1. The fraction of sp³-hybridized carbons (Fsp3) is 0.176. The number of aromatic nitrogens is 6. The van der Waals surface area contributed by atoms with Crippen LogP contribution in [0.5, 0.6) is 0 Å². The number of aryl methyl sites for hydroxylation is 1. The maximum absolute atomic E-state index is 5.60. The number of hydrogen-bond acceptors (Lipinski definition) is 7. The third-order valence-electron chi connectivity index (χ3n) is 4.17. The van der Waals surface area contributed by atoms with Gasteiger partial charge in [0.1, 0.15) is 5.65 Å². The number of hydrazine groups is 1. The Morgan fingerprint density at radius 2 is 2.00 bits per heavy atom. The molecule has 9 nitrogen and oxygen atoms in total. The average molecular weight is 349 g/mol. The summed E-state index contributed by atoms with van der Waals surface area (Å²) in [6.07, 6.45) is 11.0. The summed E-state index contributed by atoms with van der Waals surface area (Å²) in [7, 11) is 1.86. The summed E-state index contributed by atoms with van der Waals surface area (Å²) in [5.74, 6) is 6.65. The van der Waals surface area contributed by atoms with E-state index in [1.165, 1.54) is 0 Å². The first-order valence-corrected chi connectivity index (χ1v) is 8.16. The van der Waals surface area contributed by atoms with Crippen molar-refractivity contribution in [2.75, 3.05) is 10.7 Å². The summed E-state index contributed by atoms with van der Waals surface area (Å²) in [5.41, 5.74) is 6.19. The molecule has 1 unspecified atom stereocenters. The molecule has 0 aliphatic rings. The van der Waals surface area contributed by atoms with Crippen LogP contribution in [0.4, 0.5) is 11.6 Å². The van der Waals surface area contributed by atoms with Crippen LogP contribution in [0.25, 0.3) is 16.9 Å². The van der Waals surface area contributed by atoms with Crippen LogP contribution in [0.15, 0.2) is 49.3 Å². The summed E-state index contributed by atoms with van der Waals surface area (Å²) in [4.78, 5) is 13.3. The summed E-state index contributed by atoms with van der Waals surface area (Å²) in [6.45, 7) is 2.05. The molecule has 0 fully saturated rings. The summed E-state index contributed by atoms with van der Waals surface area (Å²) < 4.78 is 3.70. The van der Waals surface area contributed by atoms with E-state index in [2.05, 4.69) is 37.7 Å². The van der Waals surface area contributed by atoms with Crippen LogP contribution in [0.2, 0.25) is 0 Å². The predicted octanol–water partition coefficient (Wildman–Crippen LogP) is 1.98. The van der Waals surface area contributed by atoms with Gasteiger partial charge in [0, 0.05) is 37.4 Å². The topological polar surface area (TPSA) is 111 Å². The number of pyridine rings is 1. The highest BCUT2D eigenvalue weighted by molar-refractivity contribution is 5.66. The molecule has 9 heteroatoms. The van der Waals surface area contributed by atoms with Gasteiger partial charge >= 0.3 is 0 Å². The van der Waals surface area contributed by atoms with Crippen LogP contribution in [0.3, 0.4) is 0 Å². The number of nitrogen functional groups attached to an aromatic ring is 1. The smallest absolute Gasteiger partial charge is 0.183 e. The number of nitrogens with zero attached hydrogens (tertiary/aromatic N) is 6. The molecule has 0 aliphatic heterocycles. The van der Waals surface area contributed by atoms with Gasteiger partial charge in [0.2, 0.25) is 0 Å². The molecule has 0 saturated carbocycles. The second kappa shape index (κ2) is 6.45. The normalized spacial score (nSPS) is 12.3. The van der Waals surface area contributed by atoms with Crippen LogP contribution in [0, 0.1) is 0 Å². The van der Waals surface area contributed by atoms with E-state index in [9.17, 15) is 0 Å². The molecular weight excluding hydrogens is 330 g/mol. The van der Waals surface area contributed by atoms with E-state index < -0.39 is 0 Å². The second-order valence-corrected chi connectivity index (χ2v) is 6.02.